The van der Waals surface area contributed by atoms with Crippen LogP contribution < -0.4 is 0 Å². The summed E-state index contributed by atoms with van der Waals surface area (Å²) >= 11 is 0. The van der Waals surface area contributed by atoms with Crippen LogP contribution in [0.1, 0.15) is 20.3 Å². The third kappa shape index (κ3) is 5.45. The lowest BCUT2D eigenvalue weighted by molar-refractivity contribution is -0.143. The van der Waals surface area contributed by atoms with Crippen LogP contribution in [0.4, 0.5) is 0 Å². The zero-order valence-electron chi connectivity index (χ0n) is 11.2. The van der Waals surface area contributed by atoms with E-state index in [1.807, 2.05) is 6.92 Å². The van der Waals surface area contributed by atoms with E-state index in [0.717, 1.165) is 0 Å². The summed E-state index contributed by atoms with van der Waals surface area (Å²) in [4.78, 5) is 11.3. The zero-order valence-corrected chi connectivity index (χ0v) is 12.2. The molecule has 0 unspecified atom stereocenters. The molecule has 0 aliphatic rings. The molecular weight excluding hydrogens is 240 g/mol. The third-order valence-electron chi connectivity index (χ3n) is 2.45. The summed E-state index contributed by atoms with van der Waals surface area (Å²) in [7, 11) is 2.11. The summed E-state index contributed by atoms with van der Waals surface area (Å²) in [5.41, 5.74) is 0.394. The molecule has 17 heavy (non-hydrogen) atoms. The molecule has 0 rings (SSSR count). The molecule has 0 amide bonds. The summed E-state index contributed by atoms with van der Waals surface area (Å²) in [5, 5.41) is 0. The van der Waals surface area contributed by atoms with Crippen LogP contribution in [0.2, 0.25) is 6.04 Å². The number of carbonyl (C=O) groups excluding carboxylic acids is 1. The van der Waals surface area contributed by atoms with Crippen molar-refractivity contribution in [2.45, 2.75) is 32.4 Å². The molecule has 0 N–H and O–H groups in total. The van der Waals surface area contributed by atoms with Crippen molar-refractivity contribution in [1.29, 1.82) is 0 Å². The normalized spacial score (nSPS) is 13.2. The van der Waals surface area contributed by atoms with Crippen molar-refractivity contribution >= 4 is 14.8 Å². The fourth-order valence-corrected chi connectivity index (χ4v) is 3.15. The molecule has 0 fully saturated rings. The Balaban J connectivity index is 4.18. The maximum absolute atomic E-state index is 11.3. The molecule has 0 aromatic rings. The Morgan fingerprint density at radius 2 is 1.71 bits per heavy atom. The van der Waals surface area contributed by atoms with Crippen molar-refractivity contribution in [2.24, 2.45) is 0 Å². The minimum atomic E-state index is -2.57. The fraction of sp³-hybridized carbons (Fsp3) is 0.727. The molecule has 0 aromatic heterocycles. The van der Waals surface area contributed by atoms with Crippen LogP contribution in [0, 0.1) is 0 Å². The van der Waals surface area contributed by atoms with E-state index in [4.69, 9.17) is 18.0 Å². The lowest BCUT2D eigenvalue weighted by atomic mass is 10.3. The van der Waals surface area contributed by atoms with Gasteiger partial charge >= 0.3 is 14.8 Å². The van der Waals surface area contributed by atoms with Gasteiger partial charge in [0.25, 0.3) is 0 Å². The highest BCUT2D eigenvalue weighted by Gasteiger charge is 2.37. The van der Waals surface area contributed by atoms with Crippen molar-refractivity contribution in [3.8, 4) is 0 Å². The molecule has 0 bridgehead atoms. The Kier molecular flexibility index (Phi) is 7.29. The minimum absolute atomic E-state index is 0.216. The number of carbonyl (C=O) groups is 1. The average molecular weight is 262 g/mol. The number of hydrogen-bond donors (Lipinski definition) is 0. The van der Waals surface area contributed by atoms with Crippen molar-refractivity contribution < 1.29 is 22.8 Å². The second kappa shape index (κ2) is 7.60. The molecule has 5 nitrogen and oxygen atoms in total. The van der Waals surface area contributed by atoms with Gasteiger partial charge in [-0.2, -0.15) is 0 Å². The fourth-order valence-electron chi connectivity index (χ4n) is 1.28. The van der Waals surface area contributed by atoms with Gasteiger partial charge in [0.1, 0.15) is 0 Å². The number of rotatable bonds is 8. The summed E-state index contributed by atoms with van der Waals surface area (Å²) in [5.74, 6) is -0.378. The molecule has 0 aromatic carbocycles. The summed E-state index contributed by atoms with van der Waals surface area (Å²) in [6, 6.07) is 0.598. The van der Waals surface area contributed by atoms with Gasteiger partial charge < -0.3 is 18.0 Å². The SMILES string of the molecule is C=C(C)C(=O)O[C@H](C)CC[Si](OC)(OC)OC. The van der Waals surface area contributed by atoms with Crippen LogP contribution in [0.15, 0.2) is 12.2 Å². The van der Waals surface area contributed by atoms with Crippen LogP contribution in [0.5, 0.6) is 0 Å². The highest BCUT2D eigenvalue weighted by Crippen LogP contribution is 2.17. The predicted octanol–water partition coefficient (Wildman–Crippen LogP) is 1.76. The van der Waals surface area contributed by atoms with E-state index in [2.05, 4.69) is 6.58 Å². The highest BCUT2D eigenvalue weighted by molar-refractivity contribution is 6.60. The maximum Gasteiger partial charge on any atom is 0.500 e. The first-order valence-electron chi connectivity index (χ1n) is 5.42. The van der Waals surface area contributed by atoms with E-state index < -0.39 is 8.80 Å². The van der Waals surface area contributed by atoms with Gasteiger partial charge in [0.05, 0.1) is 6.10 Å². The molecule has 6 heteroatoms. The summed E-state index contributed by atoms with van der Waals surface area (Å²) in [6.45, 7) is 6.96. The first kappa shape index (κ1) is 16.3. The average Bonchev–Trinajstić information content (AvgIpc) is 2.31. The molecule has 0 radical (unpaired) electrons. The summed E-state index contributed by atoms with van der Waals surface area (Å²) < 4.78 is 21.0. The van der Waals surface area contributed by atoms with E-state index in [1.165, 1.54) is 0 Å². The van der Waals surface area contributed by atoms with Gasteiger partial charge in [0, 0.05) is 32.9 Å². The van der Waals surface area contributed by atoms with Crippen molar-refractivity contribution in [2.75, 3.05) is 21.3 Å². The molecule has 0 heterocycles. The second-order valence-corrected chi connectivity index (χ2v) is 6.92. The Labute approximate surface area is 104 Å². The Morgan fingerprint density at radius 3 is 2.06 bits per heavy atom. The van der Waals surface area contributed by atoms with Gasteiger partial charge in [-0.25, -0.2) is 4.79 Å². The third-order valence-corrected chi connectivity index (χ3v) is 5.21. The molecule has 0 aliphatic heterocycles. The quantitative estimate of drug-likeness (QED) is 0.379. The molecule has 0 aliphatic carbocycles. The number of esters is 1. The van der Waals surface area contributed by atoms with Gasteiger partial charge in [-0.1, -0.05) is 6.58 Å². The van der Waals surface area contributed by atoms with Crippen LogP contribution in [0.3, 0.4) is 0 Å². The van der Waals surface area contributed by atoms with E-state index in [-0.39, 0.29) is 12.1 Å². The van der Waals surface area contributed by atoms with E-state index in [9.17, 15) is 4.79 Å². The Morgan fingerprint density at radius 1 is 1.24 bits per heavy atom. The lowest BCUT2D eigenvalue weighted by Crippen LogP contribution is -2.43. The standard InChI is InChI=1S/C11H22O5Si/c1-9(2)11(12)16-10(3)7-8-17(13-4,14-5)15-6/h10H,1,7-8H2,2-6H3/t10-/m1/s1. The van der Waals surface area contributed by atoms with Gasteiger partial charge in [0.2, 0.25) is 0 Å². The first-order chi connectivity index (χ1) is 7.90. The molecule has 0 saturated heterocycles. The zero-order chi connectivity index (χ0) is 13.5. The molecule has 1 atom stereocenters. The van der Waals surface area contributed by atoms with Crippen molar-refractivity contribution in [3.63, 3.8) is 0 Å². The monoisotopic (exact) mass is 262 g/mol. The van der Waals surface area contributed by atoms with E-state index in [1.54, 1.807) is 28.3 Å². The lowest BCUT2D eigenvalue weighted by Gasteiger charge is -2.25. The predicted molar refractivity (Wildman–Crippen MR) is 66.6 cm³/mol. The highest BCUT2D eigenvalue weighted by atomic mass is 28.4. The number of ether oxygens (including phenoxy) is 1. The maximum atomic E-state index is 11.3. The van der Waals surface area contributed by atoms with E-state index >= 15 is 0 Å². The van der Waals surface area contributed by atoms with Gasteiger partial charge in [-0.3, -0.25) is 0 Å². The Bertz CT molecular complexity index is 254. The minimum Gasteiger partial charge on any atom is -0.459 e. The Hall–Kier alpha value is -0.693. The number of hydrogen-bond acceptors (Lipinski definition) is 5. The van der Waals surface area contributed by atoms with Crippen LogP contribution in [-0.2, 0) is 22.8 Å². The van der Waals surface area contributed by atoms with Gasteiger partial charge in [0.15, 0.2) is 0 Å². The summed E-state index contributed by atoms with van der Waals surface area (Å²) in [6.07, 6.45) is 0.410. The van der Waals surface area contributed by atoms with Crippen LogP contribution in [0.25, 0.3) is 0 Å². The molecule has 0 spiro atoms. The van der Waals surface area contributed by atoms with Gasteiger partial charge in [-0.15, -0.1) is 0 Å². The van der Waals surface area contributed by atoms with Crippen LogP contribution >= 0.6 is 0 Å². The largest absolute Gasteiger partial charge is 0.500 e. The smallest absolute Gasteiger partial charge is 0.459 e. The second-order valence-electron chi connectivity index (χ2n) is 3.83. The topological polar surface area (TPSA) is 54.0 Å². The van der Waals surface area contributed by atoms with Crippen molar-refractivity contribution in [3.05, 3.63) is 12.2 Å². The van der Waals surface area contributed by atoms with Crippen LogP contribution in [-0.4, -0.2) is 42.2 Å². The van der Waals surface area contributed by atoms with E-state index in [0.29, 0.717) is 18.0 Å². The van der Waals surface area contributed by atoms with Crippen molar-refractivity contribution in [1.82, 2.24) is 0 Å². The molecule has 100 valence electrons. The molecule has 0 saturated carbocycles. The molecular formula is C11H22O5Si. The van der Waals surface area contributed by atoms with Gasteiger partial charge in [-0.05, 0) is 20.3 Å². The first-order valence-corrected chi connectivity index (χ1v) is 7.36.